The van der Waals surface area contributed by atoms with Crippen LogP contribution in [0.2, 0.25) is 0 Å². The number of amides is 1. The lowest BCUT2D eigenvalue weighted by Crippen LogP contribution is -2.42. The van der Waals surface area contributed by atoms with E-state index in [0.29, 0.717) is 17.7 Å². The Morgan fingerprint density at radius 2 is 2.09 bits per heavy atom. The van der Waals surface area contributed by atoms with E-state index in [-0.39, 0.29) is 17.9 Å². The minimum absolute atomic E-state index is 0.103. The maximum atomic E-state index is 12.3. The fourth-order valence-corrected chi connectivity index (χ4v) is 3.05. The van der Waals surface area contributed by atoms with Crippen molar-refractivity contribution in [3.8, 4) is 5.88 Å². The van der Waals surface area contributed by atoms with Crippen molar-refractivity contribution in [2.75, 3.05) is 25.1 Å². The summed E-state index contributed by atoms with van der Waals surface area (Å²) in [7, 11) is 1.61. The molecule has 0 aromatic carbocycles. The van der Waals surface area contributed by atoms with Crippen molar-refractivity contribution >= 4 is 11.9 Å². The van der Waals surface area contributed by atoms with Gasteiger partial charge in [0.05, 0.1) is 13.2 Å². The van der Waals surface area contributed by atoms with Crippen LogP contribution in [0.1, 0.15) is 39.3 Å². The van der Waals surface area contributed by atoms with Crippen molar-refractivity contribution < 1.29 is 9.53 Å². The first-order chi connectivity index (χ1) is 11.0. The Balaban J connectivity index is 2.06. The Morgan fingerprint density at radius 3 is 2.70 bits per heavy atom. The molecule has 1 aliphatic heterocycles. The fourth-order valence-electron chi connectivity index (χ4n) is 3.05. The number of aryl methyl sites for hydroxylation is 1. The number of nitrogens with one attached hydrogen (secondary N) is 1. The van der Waals surface area contributed by atoms with E-state index < -0.39 is 0 Å². The number of rotatable bonds is 6. The van der Waals surface area contributed by atoms with E-state index in [1.54, 1.807) is 7.11 Å². The maximum absolute atomic E-state index is 12.3. The van der Waals surface area contributed by atoms with E-state index in [1.165, 1.54) is 0 Å². The SMILES string of the molecule is CCC(CC)C(=O)NC1CN(c2nc(C)cc(OC)n2)CC1C. The van der Waals surface area contributed by atoms with Gasteiger partial charge in [-0.2, -0.15) is 4.98 Å². The lowest BCUT2D eigenvalue weighted by molar-refractivity contribution is -0.126. The number of hydrogen-bond acceptors (Lipinski definition) is 5. The van der Waals surface area contributed by atoms with Gasteiger partial charge < -0.3 is 15.0 Å². The van der Waals surface area contributed by atoms with Gasteiger partial charge in [0.25, 0.3) is 0 Å². The van der Waals surface area contributed by atoms with E-state index in [0.717, 1.165) is 31.6 Å². The first kappa shape index (κ1) is 17.5. The maximum Gasteiger partial charge on any atom is 0.228 e. The van der Waals surface area contributed by atoms with E-state index in [2.05, 4.69) is 41.0 Å². The third kappa shape index (κ3) is 4.12. The number of methoxy groups -OCH3 is 1. The number of hydrogen-bond donors (Lipinski definition) is 1. The summed E-state index contributed by atoms with van der Waals surface area (Å²) in [6, 6.07) is 1.95. The minimum atomic E-state index is 0.103. The summed E-state index contributed by atoms with van der Waals surface area (Å²) in [5.74, 6) is 1.88. The molecule has 2 heterocycles. The highest BCUT2D eigenvalue weighted by Gasteiger charge is 2.33. The topological polar surface area (TPSA) is 67.4 Å². The van der Waals surface area contributed by atoms with Crippen LogP contribution in [0.3, 0.4) is 0 Å². The Morgan fingerprint density at radius 1 is 1.39 bits per heavy atom. The first-order valence-electron chi connectivity index (χ1n) is 8.43. The van der Waals surface area contributed by atoms with Gasteiger partial charge in [0.1, 0.15) is 0 Å². The van der Waals surface area contributed by atoms with Gasteiger partial charge in [-0.05, 0) is 25.7 Å². The molecule has 128 valence electrons. The van der Waals surface area contributed by atoms with Gasteiger partial charge in [0, 0.05) is 30.8 Å². The van der Waals surface area contributed by atoms with E-state index in [4.69, 9.17) is 4.74 Å². The molecule has 6 nitrogen and oxygen atoms in total. The molecule has 1 aliphatic rings. The number of ether oxygens (including phenoxy) is 1. The van der Waals surface area contributed by atoms with Crippen molar-refractivity contribution in [2.24, 2.45) is 11.8 Å². The summed E-state index contributed by atoms with van der Waals surface area (Å²) in [5, 5.41) is 3.21. The Bertz CT molecular complexity index is 545. The third-order valence-corrected chi connectivity index (χ3v) is 4.61. The summed E-state index contributed by atoms with van der Waals surface area (Å²) in [6.07, 6.45) is 1.76. The van der Waals surface area contributed by atoms with Gasteiger partial charge in [0.2, 0.25) is 17.7 Å². The number of anilines is 1. The Hall–Kier alpha value is -1.85. The van der Waals surface area contributed by atoms with Crippen LogP contribution in [-0.2, 0) is 4.79 Å². The molecule has 1 amide bonds. The molecule has 2 rings (SSSR count). The van der Waals surface area contributed by atoms with Crippen LogP contribution in [0.25, 0.3) is 0 Å². The lowest BCUT2D eigenvalue weighted by Gasteiger charge is -2.20. The quantitative estimate of drug-likeness (QED) is 0.870. The number of carbonyl (C=O) groups excluding carboxylic acids is 1. The minimum Gasteiger partial charge on any atom is -0.481 e. The van der Waals surface area contributed by atoms with Crippen LogP contribution < -0.4 is 15.0 Å². The molecular formula is C17H28N4O2. The van der Waals surface area contributed by atoms with E-state index >= 15 is 0 Å². The van der Waals surface area contributed by atoms with Gasteiger partial charge in [-0.3, -0.25) is 4.79 Å². The van der Waals surface area contributed by atoms with Gasteiger partial charge in [-0.1, -0.05) is 20.8 Å². The van der Waals surface area contributed by atoms with Crippen molar-refractivity contribution in [2.45, 2.75) is 46.6 Å². The third-order valence-electron chi connectivity index (χ3n) is 4.61. The highest BCUT2D eigenvalue weighted by atomic mass is 16.5. The van der Waals surface area contributed by atoms with Gasteiger partial charge in [-0.15, -0.1) is 0 Å². The van der Waals surface area contributed by atoms with Crippen LogP contribution in [0.5, 0.6) is 5.88 Å². The molecule has 2 atom stereocenters. The van der Waals surface area contributed by atoms with Crippen LogP contribution in [0.4, 0.5) is 5.95 Å². The van der Waals surface area contributed by atoms with Crippen LogP contribution in [0.15, 0.2) is 6.07 Å². The molecule has 0 saturated carbocycles. The van der Waals surface area contributed by atoms with E-state index in [1.807, 2.05) is 13.0 Å². The zero-order chi connectivity index (χ0) is 17.0. The molecule has 1 aromatic heterocycles. The average Bonchev–Trinajstić information content (AvgIpc) is 2.89. The Kier molecular flexibility index (Phi) is 5.80. The Labute approximate surface area is 138 Å². The van der Waals surface area contributed by atoms with Crippen LogP contribution >= 0.6 is 0 Å². The van der Waals surface area contributed by atoms with Crippen molar-refractivity contribution in [3.63, 3.8) is 0 Å². The standard InChI is InChI=1S/C17H28N4O2/c1-6-13(7-2)16(22)19-14-10-21(9-11(14)3)17-18-12(4)8-15(20-17)23-5/h8,11,13-14H,6-7,9-10H2,1-5H3,(H,19,22). The number of carbonyl (C=O) groups is 1. The molecule has 1 N–H and O–H groups in total. The molecule has 0 spiro atoms. The predicted octanol–water partition coefficient (Wildman–Crippen LogP) is 2.17. The van der Waals surface area contributed by atoms with Gasteiger partial charge in [-0.25, -0.2) is 4.98 Å². The second-order valence-electron chi connectivity index (χ2n) is 6.36. The zero-order valence-corrected chi connectivity index (χ0v) is 14.8. The fraction of sp³-hybridized carbons (Fsp3) is 0.706. The smallest absolute Gasteiger partial charge is 0.228 e. The molecular weight excluding hydrogens is 292 g/mol. The molecule has 1 fully saturated rings. The summed E-state index contributed by atoms with van der Waals surface area (Å²) in [5.41, 5.74) is 0.879. The van der Waals surface area contributed by atoms with Crippen LogP contribution in [0, 0.1) is 18.8 Å². The molecule has 0 bridgehead atoms. The molecule has 23 heavy (non-hydrogen) atoms. The zero-order valence-electron chi connectivity index (χ0n) is 14.8. The number of nitrogens with zero attached hydrogens (tertiary/aromatic N) is 3. The second kappa shape index (κ2) is 7.62. The summed E-state index contributed by atoms with van der Waals surface area (Å²) in [6.45, 7) is 9.78. The molecule has 6 heteroatoms. The molecule has 2 unspecified atom stereocenters. The van der Waals surface area contributed by atoms with Gasteiger partial charge >= 0.3 is 0 Å². The monoisotopic (exact) mass is 320 g/mol. The molecule has 0 radical (unpaired) electrons. The number of aromatic nitrogens is 2. The largest absolute Gasteiger partial charge is 0.481 e. The summed E-state index contributed by atoms with van der Waals surface area (Å²) < 4.78 is 5.23. The van der Waals surface area contributed by atoms with E-state index in [9.17, 15) is 4.79 Å². The highest BCUT2D eigenvalue weighted by Crippen LogP contribution is 2.23. The molecule has 0 aliphatic carbocycles. The lowest BCUT2D eigenvalue weighted by atomic mass is 10.0. The second-order valence-corrected chi connectivity index (χ2v) is 6.36. The average molecular weight is 320 g/mol. The van der Waals surface area contributed by atoms with Crippen LogP contribution in [-0.4, -0.2) is 42.1 Å². The van der Waals surface area contributed by atoms with Crippen molar-refractivity contribution in [1.82, 2.24) is 15.3 Å². The molecule has 1 aromatic rings. The molecule has 1 saturated heterocycles. The van der Waals surface area contributed by atoms with Crippen molar-refractivity contribution in [1.29, 1.82) is 0 Å². The van der Waals surface area contributed by atoms with Crippen molar-refractivity contribution in [3.05, 3.63) is 11.8 Å². The first-order valence-corrected chi connectivity index (χ1v) is 8.43. The summed E-state index contributed by atoms with van der Waals surface area (Å²) >= 11 is 0. The summed E-state index contributed by atoms with van der Waals surface area (Å²) in [4.78, 5) is 23.4. The predicted molar refractivity (Wildman–Crippen MR) is 90.7 cm³/mol. The normalized spacial score (nSPS) is 20.9. The highest BCUT2D eigenvalue weighted by molar-refractivity contribution is 5.79. The van der Waals surface area contributed by atoms with Gasteiger partial charge in [0.15, 0.2) is 0 Å².